The molecule has 148 valence electrons. The van der Waals surface area contributed by atoms with Gasteiger partial charge in [-0.15, -0.1) is 0 Å². The zero-order valence-electron chi connectivity index (χ0n) is 17.1. The first kappa shape index (κ1) is 21.7. The number of alkyl carbamates (subject to hydrolysis) is 1. The van der Waals surface area contributed by atoms with E-state index in [0.717, 1.165) is 11.0 Å². The molecule has 0 bridgehead atoms. The van der Waals surface area contributed by atoms with Gasteiger partial charge in [-0.05, 0) is 60.0 Å². The van der Waals surface area contributed by atoms with Crippen LogP contribution in [0, 0.1) is 0 Å². The van der Waals surface area contributed by atoms with Gasteiger partial charge in [0.1, 0.15) is 5.60 Å². The molecule has 1 saturated heterocycles. The molecule has 0 saturated carbocycles. The van der Waals surface area contributed by atoms with Crippen LogP contribution in [0.15, 0.2) is 23.9 Å². The summed E-state index contributed by atoms with van der Waals surface area (Å²) in [5.41, 5.74) is -0.141. The molecule has 2 rings (SSSR count). The number of hydrogen-bond acceptors (Lipinski definition) is 5. The van der Waals surface area contributed by atoms with E-state index in [-0.39, 0.29) is 6.54 Å². The van der Waals surface area contributed by atoms with Gasteiger partial charge in [0.25, 0.3) is 0 Å². The van der Waals surface area contributed by atoms with Gasteiger partial charge in [-0.3, -0.25) is 4.98 Å². The molecule has 1 amide bonds. The maximum Gasteiger partial charge on any atom is 0.492 e. The molecule has 1 aliphatic rings. The average molecular weight is 395 g/mol. The SMILES string of the molecule is CC(C)(C)OC(=O)NCC(=Cc1cnccc1Cl)B1OC(C)(C)C(C)(C)O1. The van der Waals surface area contributed by atoms with Crippen LogP contribution in [-0.4, -0.2) is 41.5 Å². The number of pyridine rings is 1. The molecule has 0 spiro atoms. The molecule has 0 aliphatic carbocycles. The quantitative estimate of drug-likeness (QED) is 0.772. The number of halogens is 1. The standard InChI is InChI=1S/C19H28BClN2O4/c1-17(2,3)25-16(24)23-12-14(10-13-11-22-9-8-15(13)21)20-26-18(4,5)19(6,7)27-20/h8-11H,12H2,1-7H3,(H,23,24). The van der Waals surface area contributed by atoms with Gasteiger partial charge in [0.05, 0.1) is 16.2 Å². The van der Waals surface area contributed by atoms with Crippen LogP contribution in [0.25, 0.3) is 6.08 Å². The van der Waals surface area contributed by atoms with Gasteiger partial charge in [0.15, 0.2) is 0 Å². The van der Waals surface area contributed by atoms with Crippen LogP contribution < -0.4 is 5.32 Å². The second-order valence-electron chi connectivity index (χ2n) is 8.56. The van der Waals surface area contributed by atoms with Crippen molar-refractivity contribution in [3.63, 3.8) is 0 Å². The van der Waals surface area contributed by atoms with Gasteiger partial charge in [-0.2, -0.15) is 0 Å². The van der Waals surface area contributed by atoms with Crippen molar-refractivity contribution in [3.8, 4) is 0 Å². The Morgan fingerprint density at radius 2 is 1.89 bits per heavy atom. The number of ether oxygens (including phenoxy) is 1. The zero-order valence-corrected chi connectivity index (χ0v) is 17.8. The monoisotopic (exact) mass is 394 g/mol. The fourth-order valence-electron chi connectivity index (χ4n) is 2.38. The number of carbonyl (C=O) groups excluding carboxylic acids is 1. The summed E-state index contributed by atoms with van der Waals surface area (Å²) in [7, 11) is -0.624. The lowest BCUT2D eigenvalue weighted by Crippen LogP contribution is -2.41. The minimum absolute atomic E-state index is 0.191. The Bertz CT molecular complexity index is 713. The van der Waals surface area contributed by atoms with E-state index in [1.807, 2.05) is 54.5 Å². The van der Waals surface area contributed by atoms with E-state index in [0.29, 0.717) is 5.02 Å². The van der Waals surface area contributed by atoms with Crippen LogP contribution in [0.3, 0.4) is 0 Å². The first-order chi connectivity index (χ1) is 12.3. The Labute approximate surface area is 166 Å². The van der Waals surface area contributed by atoms with Crippen molar-refractivity contribution in [2.75, 3.05) is 6.54 Å². The second-order valence-corrected chi connectivity index (χ2v) is 8.97. The molecule has 1 aliphatic heterocycles. The maximum absolute atomic E-state index is 12.1. The zero-order chi connectivity index (χ0) is 20.5. The molecule has 2 heterocycles. The third-order valence-corrected chi connectivity index (χ3v) is 4.87. The molecule has 0 atom stereocenters. The molecule has 1 aromatic rings. The summed E-state index contributed by atoms with van der Waals surface area (Å²) in [6.07, 6.45) is 4.59. The Kier molecular flexibility index (Phi) is 6.29. The number of rotatable bonds is 4. The largest absolute Gasteiger partial charge is 0.492 e. The summed E-state index contributed by atoms with van der Waals surface area (Å²) in [5, 5.41) is 3.31. The van der Waals surface area contributed by atoms with Gasteiger partial charge >= 0.3 is 13.2 Å². The fraction of sp³-hybridized carbons (Fsp3) is 0.579. The molecule has 1 aromatic heterocycles. The third-order valence-electron chi connectivity index (χ3n) is 4.53. The van der Waals surface area contributed by atoms with Crippen molar-refractivity contribution in [2.45, 2.75) is 65.3 Å². The summed E-state index contributed by atoms with van der Waals surface area (Å²) in [6.45, 7) is 13.5. The van der Waals surface area contributed by atoms with E-state index < -0.39 is 30.0 Å². The van der Waals surface area contributed by atoms with Crippen molar-refractivity contribution >= 4 is 30.9 Å². The Morgan fingerprint density at radius 1 is 1.30 bits per heavy atom. The van der Waals surface area contributed by atoms with Crippen LogP contribution in [0.4, 0.5) is 4.79 Å². The van der Waals surface area contributed by atoms with E-state index >= 15 is 0 Å². The van der Waals surface area contributed by atoms with Crippen molar-refractivity contribution in [1.29, 1.82) is 0 Å². The molecular formula is C19H28BClN2O4. The molecule has 0 unspecified atom stereocenters. The molecule has 0 aromatic carbocycles. The molecule has 0 radical (unpaired) electrons. The number of nitrogens with zero attached hydrogens (tertiary/aromatic N) is 1. The average Bonchev–Trinajstić information content (AvgIpc) is 2.71. The summed E-state index contributed by atoms with van der Waals surface area (Å²) in [6, 6.07) is 1.70. The van der Waals surface area contributed by atoms with Gasteiger partial charge < -0.3 is 19.4 Å². The minimum atomic E-state index is -0.624. The number of hydrogen-bond donors (Lipinski definition) is 1. The fourth-order valence-corrected chi connectivity index (χ4v) is 2.54. The lowest BCUT2D eigenvalue weighted by atomic mass is 9.77. The lowest BCUT2D eigenvalue weighted by molar-refractivity contribution is 0.00578. The van der Waals surface area contributed by atoms with Crippen molar-refractivity contribution in [1.82, 2.24) is 10.3 Å². The number of amides is 1. The predicted octanol–water partition coefficient (Wildman–Crippen LogP) is 4.27. The molecule has 27 heavy (non-hydrogen) atoms. The van der Waals surface area contributed by atoms with E-state index in [2.05, 4.69) is 10.3 Å². The number of aromatic nitrogens is 1. The predicted molar refractivity (Wildman–Crippen MR) is 108 cm³/mol. The summed E-state index contributed by atoms with van der Waals surface area (Å²) >= 11 is 6.26. The Balaban J connectivity index is 2.25. The third kappa shape index (κ3) is 5.70. The smallest absolute Gasteiger partial charge is 0.444 e. The summed E-state index contributed by atoms with van der Waals surface area (Å²) < 4.78 is 17.6. The molecule has 1 fully saturated rings. The Hall–Kier alpha value is -1.57. The summed E-state index contributed by atoms with van der Waals surface area (Å²) in [5.74, 6) is 0. The van der Waals surface area contributed by atoms with Crippen molar-refractivity contribution in [2.24, 2.45) is 0 Å². The van der Waals surface area contributed by atoms with Crippen LogP contribution in [0.1, 0.15) is 54.0 Å². The number of nitrogens with one attached hydrogen (secondary N) is 1. The molecular weight excluding hydrogens is 366 g/mol. The second kappa shape index (κ2) is 7.82. The van der Waals surface area contributed by atoms with Crippen LogP contribution in [0.5, 0.6) is 0 Å². The number of carbonyl (C=O) groups is 1. The van der Waals surface area contributed by atoms with Crippen molar-refractivity contribution in [3.05, 3.63) is 34.5 Å². The van der Waals surface area contributed by atoms with Crippen molar-refractivity contribution < 1.29 is 18.8 Å². The van der Waals surface area contributed by atoms with Gasteiger partial charge in [0, 0.05) is 24.5 Å². The van der Waals surface area contributed by atoms with Gasteiger partial charge in [-0.25, -0.2) is 4.79 Å². The summed E-state index contributed by atoms with van der Waals surface area (Å²) in [4.78, 5) is 16.2. The first-order valence-corrected chi connectivity index (χ1v) is 9.31. The highest BCUT2D eigenvalue weighted by Gasteiger charge is 2.52. The topological polar surface area (TPSA) is 69.7 Å². The van der Waals surface area contributed by atoms with E-state index in [4.69, 9.17) is 25.6 Å². The van der Waals surface area contributed by atoms with E-state index in [1.165, 1.54) is 0 Å². The highest BCUT2D eigenvalue weighted by atomic mass is 35.5. The van der Waals surface area contributed by atoms with E-state index in [1.54, 1.807) is 18.5 Å². The van der Waals surface area contributed by atoms with Gasteiger partial charge in [-0.1, -0.05) is 17.7 Å². The minimum Gasteiger partial charge on any atom is -0.444 e. The Morgan fingerprint density at radius 3 is 2.41 bits per heavy atom. The maximum atomic E-state index is 12.1. The lowest BCUT2D eigenvalue weighted by Gasteiger charge is -2.32. The normalized spacial score (nSPS) is 19.1. The highest BCUT2D eigenvalue weighted by molar-refractivity contribution is 6.56. The molecule has 6 nitrogen and oxygen atoms in total. The van der Waals surface area contributed by atoms with Gasteiger partial charge in [0.2, 0.25) is 0 Å². The van der Waals surface area contributed by atoms with Crippen LogP contribution >= 0.6 is 11.6 Å². The molecule has 1 N–H and O–H groups in total. The van der Waals surface area contributed by atoms with Crippen LogP contribution in [0.2, 0.25) is 5.02 Å². The molecule has 8 heteroatoms. The van der Waals surface area contributed by atoms with E-state index in [9.17, 15) is 4.79 Å². The highest BCUT2D eigenvalue weighted by Crippen LogP contribution is 2.39. The first-order valence-electron chi connectivity index (χ1n) is 8.93. The van der Waals surface area contributed by atoms with Crippen LogP contribution in [-0.2, 0) is 14.0 Å².